The highest BCUT2D eigenvalue weighted by molar-refractivity contribution is 7.99. The number of thiophene rings is 1. The highest BCUT2D eigenvalue weighted by Crippen LogP contribution is 2.11. The molecule has 1 atom stereocenters. The van der Waals surface area contributed by atoms with Crippen molar-refractivity contribution >= 4 is 23.1 Å². The summed E-state index contributed by atoms with van der Waals surface area (Å²) in [4.78, 5) is 0. The zero-order chi connectivity index (χ0) is 9.52. The monoisotopic (exact) mass is 215 g/mol. The molecule has 3 heteroatoms. The van der Waals surface area contributed by atoms with Crippen molar-refractivity contribution in [3.8, 4) is 0 Å². The Kier molecular flexibility index (Phi) is 5.51. The van der Waals surface area contributed by atoms with E-state index < -0.39 is 0 Å². The third kappa shape index (κ3) is 4.69. The standard InChI is InChI=1S/C10H17NS2/c1-2-10(11)8-13-6-4-9-3-5-12-7-9/h3,5,7,10H,2,4,6,8,11H2,1H3. The first-order chi connectivity index (χ1) is 6.33. The van der Waals surface area contributed by atoms with Gasteiger partial charge in [0.1, 0.15) is 0 Å². The molecule has 1 rings (SSSR count). The summed E-state index contributed by atoms with van der Waals surface area (Å²) in [5.41, 5.74) is 7.27. The van der Waals surface area contributed by atoms with Gasteiger partial charge < -0.3 is 5.73 Å². The summed E-state index contributed by atoms with van der Waals surface area (Å²) < 4.78 is 0. The molecule has 0 spiro atoms. The summed E-state index contributed by atoms with van der Waals surface area (Å²) in [6.07, 6.45) is 2.27. The Labute approximate surface area is 88.7 Å². The summed E-state index contributed by atoms with van der Waals surface area (Å²) in [6, 6.07) is 2.58. The van der Waals surface area contributed by atoms with Crippen LogP contribution in [0.3, 0.4) is 0 Å². The first-order valence-electron chi connectivity index (χ1n) is 4.67. The Hall–Kier alpha value is 0.01000. The second kappa shape index (κ2) is 6.46. The quantitative estimate of drug-likeness (QED) is 0.738. The van der Waals surface area contributed by atoms with E-state index in [1.165, 1.54) is 17.7 Å². The Balaban J connectivity index is 2.02. The molecule has 2 N–H and O–H groups in total. The van der Waals surface area contributed by atoms with Crippen molar-refractivity contribution in [3.05, 3.63) is 22.4 Å². The molecule has 0 saturated heterocycles. The molecular formula is C10H17NS2. The molecule has 1 aromatic heterocycles. The maximum Gasteiger partial charge on any atom is 0.0127 e. The van der Waals surface area contributed by atoms with Crippen LogP contribution in [0.15, 0.2) is 16.8 Å². The molecule has 13 heavy (non-hydrogen) atoms. The molecule has 1 unspecified atom stereocenters. The lowest BCUT2D eigenvalue weighted by Gasteiger charge is -2.06. The predicted molar refractivity (Wildman–Crippen MR) is 63.6 cm³/mol. The second-order valence-electron chi connectivity index (χ2n) is 3.12. The molecule has 0 saturated carbocycles. The smallest absolute Gasteiger partial charge is 0.0127 e. The SMILES string of the molecule is CCC(N)CSCCc1ccsc1. The Morgan fingerprint density at radius 3 is 3.08 bits per heavy atom. The van der Waals surface area contributed by atoms with E-state index in [-0.39, 0.29) is 0 Å². The molecule has 0 amide bonds. The summed E-state index contributed by atoms with van der Waals surface area (Å²) in [5, 5.41) is 4.36. The molecule has 0 aromatic carbocycles. The number of nitrogens with two attached hydrogens (primary N) is 1. The summed E-state index contributed by atoms with van der Waals surface area (Å²) in [5.74, 6) is 2.30. The molecule has 1 aromatic rings. The van der Waals surface area contributed by atoms with Crippen LogP contribution in [-0.4, -0.2) is 17.5 Å². The Morgan fingerprint density at radius 2 is 2.46 bits per heavy atom. The minimum Gasteiger partial charge on any atom is -0.327 e. The van der Waals surface area contributed by atoms with Crippen molar-refractivity contribution in [3.63, 3.8) is 0 Å². The minimum absolute atomic E-state index is 0.382. The molecule has 0 radical (unpaired) electrons. The molecule has 1 heterocycles. The minimum atomic E-state index is 0.382. The van der Waals surface area contributed by atoms with Gasteiger partial charge in [0.25, 0.3) is 0 Å². The molecule has 0 fully saturated rings. The highest BCUT2D eigenvalue weighted by atomic mass is 32.2. The van der Waals surface area contributed by atoms with Gasteiger partial charge in [0.15, 0.2) is 0 Å². The first-order valence-corrected chi connectivity index (χ1v) is 6.77. The van der Waals surface area contributed by atoms with E-state index in [9.17, 15) is 0 Å². The second-order valence-corrected chi connectivity index (χ2v) is 5.05. The molecule has 0 aliphatic heterocycles. The van der Waals surface area contributed by atoms with Gasteiger partial charge in [-0.2, -0.15) is 23.1 Å². The largest absolute Gasteiger partial charge is 0.327 e. The maximum absolute atomic E-state index is 5.81. The van der Waals surface area contributed by atoms with Gasteiger partial charge in [-0.15, -0.1) is 0 Å². The fraction of sp³-hybridized carbons (Fsp3) is 0.600. The van der Waals surface area contributed by atoms with Crippen molar-refractivity contribution < 1.29 is 0 Å². The lowest BCUT2D eigenvalue weighted by molar-refractivity contribution is 0.724. The van der Waals surface area contributed by atoms with Crippen LogP contribution in [0.1, 0.15) is 18.9 Å². The van der Waals surface area contributed by atoms with Crippen molar-refractivity contribution in [1.29, 1.82) is 0 Å². The van der Waals surface area contributed by atoms with Gasteiger partial charge in [-0.1, -0.05) is 6.92 Å². The average molecular weight is 215 g/mol. The van der Waals surface area contributed by atoms with Crippen LogP contribution in [0.4, 0.5) is 0 Å². The zero-order valence-corrected chi connectivity index (χ0v) is 9.66. The summed E-state index contributed by atoms with van der Waals surface area (Å²) in [6.45, 7) is 2.14. The van der Waals surface area contributed by atoms with E-state index in [4.69, 9.17) is 5.73 Å². The maximum atomic E-state index is 5.81. The molecule has 0 bridgehead atoms. The van der Waals surface area contributed by atoms with Crippen molar-refractivity contribution in [2.45, 2.75) is 25.8 Å². The van der Waals surface area contributed by atoms with E-state index in [0.29, 0.717) is 6.04 Å². The van der Waals surface area contributed by atoms with Crippen LogP contribution in [0.5, 0.6) is 0 Å². The van der Waals surface area contributed by atoms with E-state index in [1.54, 1.807) is 11.3 Å². The van der Waals surface area contributed by atoms with E-state index in [1.807, 2.05) is 11.8 Å². The van der Waals surface area contributed by atoms with Gasteiger partial charge in [0.2, 0.25) is 0 Å². The number of hydrogen-bond donors (Lipinski definition) is 1. The van der Waals surface area contributed by atoms with Crippen LogP contribution in [0, 0.1) is 0 Å². The van der Waals surface area contributed by atoms with Gasteiger partial charge in [0, 0.05) is 11.8 Å². The zero-order valence-electron chi connectivity index (χ0n) is 8.03. The molecule has 1 nitrogen and oxygen atoms in total. The fourth-order valence-electron chi connectivity index (χ4n) is 0.977. The number of hydrogen-bond acceptors (Lipinski definition) is 3. The Bertz CT molecular complexity index is 209. The molecular weight excluding hydrogens is 198 g/mol. The molecule has 0 aliphatic rings. The van der Waals surface area contributed by atoms with Crippen LogP contribution >= 0.6 is 23.1 Å². The van der Waals surface area contributed by atoms with Gasteiger partial charge >= 0.3 is 0 Å². The van der Waals surface area contributed by atoms with Crippen LogP contribution in [0.2, 0.25) is 0 Å². The summed E-state index contributed by atoms with van der Waals surface area (Å²) in [7, 11) is 0. The highest BCUT2D eigenvalue weighted by Gasteiger charge is 1.99. The normalized spacial score (nSPS) is 13.1. The average Bonchev–Trinajstić information content (AvgIpc) is 2.64. The van der Waals surface area contributed by atoms with Crippen LogP contribution < -0.4 is 5.73 Å². The third-order valence-electron chi connectivity index (χ3n) is 1.97. The van der Waals surface area contributed by atoms with E-state index in [2.05, 4.69) is 23.8 Å². The molecule has 0 aliphatic carbocycles. The molecule has 74 valence electrons. The van der Waals surface area contributed by atoms with Crippen molar-refractivity contribution in [1.82, 2.24) is 0 Å². The number of aryl methyl sites for hydroxylation is 1. The van der Waals surface area contributed by atoms with Gasteiger partial charge in [0.05, 0.1) is 0 Å². The van der Waals surface area contributed by atoms with Gasteiger partial charge in [-0.05, 0) is 41.0 Å². The summed E-state index contributed by atoms with van der Waals surface area (Å²) >= 11 is 3.74. The lowest BCUT2D eigenvalue weighted by Crippen LogP contribution is -2.21. The number of rotatable bonds is 6. The predicted octanol–water partition coefficient (Wildman–Crippen LogP) is 2.76. The topological polar surface area (TPSA) is 26.0 Å². The number of thioether (sulfide) groups is 1. The van der Waals surface area contributed by atoms with Gasteiger partial charge in [-0.25, -0.2) is 0 Å². The van der Waals surface area contributed by atoms with E-state index in [0.717, 1.165) is 12.2 Å². The lowest BCUT2D eigenvalue weighted by atomic mass is 10.3. The van der Waals surface area contributed by atoms with Gasteiger partial charge in [-0.3, -0.25) is 0 Å². The Morgan fingerprint density at radius 1 is 1.62 bits per heavy atom. The van der Waals surface area contributed by atoms with E-state index >= 15 is 0 Å². The van der Waals surface area contributed by atoms with Crippen molar-refractivity contribution in [2.24, 2.45) is 5.73 Å². The fourth-order valence-corrected chi connectivity index (χ4v) is 2.77. The van der Waals surface area contributed by atoms with Crippen molar-refractivity contribution in [2.75, 3.05) is 11.5 Å². The third-order valence-corrected chi connectivity index (χ3v) is 3.86. The first kappa shape index (κ1) is 11.1. The van der Waals surface area contributed by atoms with Crippen LogP contribution in [0.25, 0.3) is 0 Å². The van der Waals surface area contributed by atoms with Crippen LogP contribution in [-0.2, 0) is 6.42 Å².